The van der Waals surface area contributed by atoms with Gasteiger partial charge < -0.3 is 5.11 Å². The number of rotatable bonds is 4. The van der Waals surface area contributed by atoms with Gasteiger partial charge in [0.2, 0.25) is 5.88 Å². The maximum absolute atomic E-state index is 12.7. The van der Waals surface area contributed by atoms with Crippen LogP contribution in [0.25, 0.3) is 27.5 Å². The lowest BCUT2D eigenvalue weighted by molar-refractivity contribution is -0.383. The number of aryl methyl sites for hydroxylation is 2. The topological polar surface area (TPSA) is 158 Å². The van der Waals surface area contributed by atoms with E-state index in [1.165, 1.54) is 35.4 Å². The first kappa shape index (κ1) is 22.5. The van der Waals surface area contributed by atoms with Gasteiger partial charge in [-0.2, -0.15) is 0 Å². The Morgan fingerprint density at radius 2 is 1.67 bits per heavy atom. The summed E-state index contributed by atoms with van der Waals surface area (Å²) in [5.41, 5.74) is -2.04. The summed E-state index contributed by atoms with van der Waals surface area (Å²) >= 11 is 0. The van der Waals surface area contributed by atoms with Crippen molar-refractivity contribution in [1.29, 1.82) is 0 Å². The number of nitrogens with zero attached hydrogens (tertiary/aromatic N) is 5. The fourth-order valence-electron chi connectivity index (χ4n) is 4.19. The Bertz CT molecular complexity index is 1920. The highest BCUT2D eigenvalue weighted by molar-refractivity contribution is 5.92. The molecule has 0 aliphatic heterocycles. The van der Waals surface area contributed by atoms with Crippen LogP contribution in [0.15, 0.2) is 74.0 Å². The normalized spacial score (nSPS) is 11.6. The molecular weight excluding hydrogens is 468 g/mol. The van der Waals surface area contributed by atoms with Crippen molar-refractivity contribution >= 4 is 39.4 Å². The van der Waals surface area contributed by atoms with E-state index in [0.29, 0.717) is 22.1 Å². The van der Waals surface area contributed by atoms with Crippen LogP contribution in [0.2, 0.25) is 0 Å². The third-order valence-corrected chi connectivity index (χ3v) is 6.03. The van der Waals surface area contributed by atoms with Crippen LogP contribution < -0.4 is 16.9 Å². The number of nitro groups is 1. The van der Waals surface area contributed by atoms with E-state index in [4.69, 9.17) is 0 Å². The molecule has 12 heteroatoms. The van der Waals surface area contributed by atoms with Crippen molar-refractivity contribution in [3.05, 3.63) is 102 Å². The lowest BCUT2D eigenvalue weighted by Gasteiger charge is -2.12. The number of fused-ring (bicyclic) bond motifs is 2. The third kappa shape index (κ3) is 3.39. The second-order valence-electron chi connectivity index (χ2n) is 8.08. The summed E-state index contributed by atoms with van der Waals surface area (Å²) in [7, 11) is 3.01. The van der Waals surface area contributed by atoms with Crippen LogP contribution in [0.3, 0.4) is 0 Å². The molecule has 5 rings (SSSR count). The largest absolute Gasteiger partial charge is 0.493 e. The highest BCUT2D eigenvalue weighted by Gasteiger charge is 2.20. The second kappa shape index (κ2) is 8.20. The molecule has 0 spiro atoms. The molecule has 0 aliphatic rings. The number of benzene rings is 3. The number of hydrogen-bond donors (Lipinski definition) is 2. The minimum atomic E-state index is -0.923. The Morgan fingerprint density at radius 3 is 2.39 bits per heavy atom. The second-order valence-corrected chi connectivity index (χ2v) is 8.08. The van der Waals surface area contributed by atoms with Gasteiger partial charge in [-0.1, -0.05) is 36.4 Å². The van der Waals surface area contributed by atoms with Gasteiger partial charge in [-0.05, 0) is 17.5 Å². The first-order valence-electron chi connectivity index (χ1n) is 10.6. The molecule has 0 amide bonds. The van der Waals surface area contributed by atoms with E-state index in [0.717, 1.165) is 16.2 Å². The van der Waals surface area contributed by atoms with Gasteiger partial charge in [0.05, 0.1) is 21.6 Å². The van der Waals surface area contributed by atoms with Crippen LogP contribution in [-0.4, -0.2) is 34.9 Å². The summed E-state index contributed by atoms with van der Waals surface area (Å²) in [6.45, 7) is 0. The van der Waals surface area contributed by atoms with E-state index in [1.54, 1.807) is 24.3 Å². The van der Waals surface area contributed by atoms with Crippen molar-refractivity contribution in [3.63, 3.8) is 0 Å². The van der Waals surface area contributed by atoms with Crippen molar-refractivity contribution < 1.29 is 10.0 Å². The molecule has 5 aromatic rings. The lowest BCUT2D eigenvalue weighted by atomic mass is 10.1. The van der Waals surface area contributed by atoms with Crippen LogP contribution >= 0.6 is 0 Å². The third-order valence-electron chi connectivity index (χ3n) is 6.03. The van der Waals surface area contributed by atoms with Crippen LogP contribution in [0, 0.1) is 10.1 Å². The van der Waals surface area contributed by atoms with Crippen LogP contribution in [-0.2, 0) is 14.1 Å². The monoisotopic (exact) mass is 486 g/mol. The molecule has 0 bridgehead atoms. The SMILES string of the molecule is Cn1c(=O)n(C)c2cc([N+](=O)[O-])c(N=Cc3c(O)n(-c4cccc5ccccc45)c(=O)[nH]c3=O)cc21. The molecule has 3 aromatic carbocycles. The van der Waals surface area contributed by atoms with E-state index >= 15 is 0 Å². The molecule has 0 fully saturated rings. The average molecular weight is 486 g/mol. The first-order valence-corrected chi connectivity index (χ1v) is 10.6. The Balaban J connectivity index is 1.72. The molecule has 0 radical (unpaired) electrons. The number of hydrogen-bond acceptors (Lipinski definition) is 7. The van der Waals surface area contributed by atoms with Gasteiger partial charge in [-0.15, -0.1) is 0 Å². The molecule has 0 atom stereocenters. The summed E-state index contributed by atoms with van der Waals surface area (Å²) in [5.74, 6) is -0.681. The molecule has 2 N–H and O–H groups in total. The minimum absolute atomic E-state index is 0.143. The number of nitro benzene ring substituents is 1. The lowest BCUT2D eigenvalue weighted by Crippen LogP contribution is -2.31. The zero-order chi connectivity index (χ0) is 25.7. The predicted octanol–water partition coefficient (Wildman–Crippen LogP) is 2.23. The van der Waals surface area contributed by atoms with Crippen LogP contribution in [0.1, 0.15) is 5.56 Å². The number of aliphatic imine (C=N–C) groups is 1. The molecule has 0 unspecified atom stereocenters. The van der Waals surface area contributed by atoms with Gasteiger partial charge in [-0.3, -0.25) is 29.0 Å². The average Bonchev–Trinajstić information content (AvgIpc) is 3.06. The molecular formula is C24H18N6O6. The summed E-state index contributed by atoms with van der Waals surface area (Å²) in [5, 5.41) is 24.1. The predicted molar refractivity (Wildman–Crippen MR) is 134 cm³/mol. The van der Waals surface area contributed by atoms with Gasteiger partial charge in [0.25, 0.3) is 11.2 Å². The van der Waals surface area contributed by atoms with Gasteiger partial charge in [-0.25, -0.2) is 19.1 Å². The number of imidazole rings is 1. The molecule has 0 saturated carbocycles. The maximum Gasteiger partial charge on any atom is 0.335 e. The Hall–Kier alpha value is -5.26. The molecule has 36 heavy (non-hydrogen) atoms. The van der Waals surface area contributed by atoms with E-state index in [2.05, 4.69) is 9.98 Å². The smallest absolute Gasteiger partial charge is 0.335 e. The van der Waals surface area contributed by atoms with Gasteiger partial charge >= 0.3 is 11.4 Å². The minimum Gasteiger partial charge on any atom is -0.493 e. The van der Waals surface area contributed by atoms with Crippen LogP contribution in [0.4, 0.5) is 11.4 Å². The number of aromatic amines is 1. The van der Waals surface area contributed by atoms with Gasteiger partial charge in [0.15, 0.2) is 0 Å². The van der Waals surface area contributed by atoms with Crippen molar-refractivity contribution in [3.8, 4) is 11.6 Å². The van der Waals surface area contributed by atoms with Crippen molar-refractivity contribution in [1.82, 2.24) is 18.7 Å². The molecule has 0 aliphatic carbocycles. The van der Waals surface area contributed by atoms with Crippen molar-refractivity contribution in [2.75, 3.05) is 0 Å². The van der Waals surface area contributed by atoms with E-state index in [1.807, 2.05) is 18.2 Å². The fourth-order valence-corrected chi connectivity index (χ4v) is 4.19. The zero-order valence-corrected chi connectivity index (χ0v) is 19.0. The number of aromatic hydroxyl groups is 1. The van der Waals surface area contributed by atoms with E-state index in [9.17, 15) is 29.6 Å². The molecule has 2 heterocycles. The first-order chi connectivity index (χ1) is 17.2. The summed E-state index contributed by atoms with van der Waals surface area (Å²) in [6.07, 6.45) is 0.949. The van der Waals surface area contributed by atoms with Gasteiger partial charge in [0, 0.05) is 31.8 Å². The number of nitrogens with one attached hydrogen (secondary N) is 1. The maximum atomic E-state index is 12.7. The van der Waals surface area contributed by atoms with E-state index in [-0.39, 0.29) is 16.9 Å². The number of aromatic nitrogens is 4. The highest BCUT2D eigenvalue weighted by atomic mass is 16.6. The summed E-state index contributed by atoms with van der Waals surface area (Å²) < 4.78 is 3.51. The van der Waals surface area contributed by atoms with E-state index < -0.39 is 27.7 Å². The Morgan fingerprint density at radius 1 is 1.00 bits per heavy atom. The zero-order valence-electron chi connectivity index (χ0n) is 19.0. The quantitative estimate of drug-likeness (QED) is 0.225. The molecule has 180 valence electrons. The molecule has 12 nitrogen and oxygen atoms in total. The van der Waals surface area contributed by atoms with Crippen molar-refractivity contribution in [2.24, 2.45) is 19.1 Å². The fraction of sp³-hybridized carbons (Fsp3) is 0.0833. The number of H-pyrrole nitrogens is 1. The molecule has 2 aromatic heterocycles. The standard InChI is InChI=1S/C24H18N6O6/c1-27-19-10-16(18(30(35)36)11-20(19)28(2)24(27)34)25-12-15-21(31)26-23(33)29(22(15)32)17-9-5-7-13-6-3-4-8-14(13)17/h3-12,32H,1-2H3,(H,26,31,33). The summed E-state index contributed by atoms with van der Waals surface area (Å²) in [6, 6.07) is 14.9. The van der Waals surface area contributed by atoms with Gasteiger partial charge in [0.1, 0.15) is 11.3 Å². The van der Waals surface area contributed by atoms with Crippen molar-refractivity contribution in [2.45, 2.75) is 0 Å². The highest BCUT2D eigenvalue weighted by Crippen LogP contribution is 2.32. The van der Waals surface area contributed by atoms with Crippen LogP contribution in [0.5, 0.6) is 5.88 Å². The molecule has 0 saturated heterocycles. The summed E-state index contributed by atoms with van der Waals surface area (Å²) in [4.78, 5) is 54.8. The Labute approximate surface area is 200 Å². The Kier molecular flexibility index (Phi) is 5.13.